The molecule has 0 saturated heterocycles. The summed E-state index contributed by atoms with van der Waals surface area (Å²) >= 11 is 0. The third kappa shape index (κ3) is 12.0. The fourth-order valence-electron chi connectivity index (χ4n) is 1.70. The Morgan fingerprint density at radius 3 is 2.30 bits per heavy atom. The third-order valence-electron chi connectivity index (χ3n) is 3.21. The molecule has 140 valence electrons. The SMILES string of the molecule is CCNC(=NCC(C)(C)OC)NCCCN(CC)S(C)(=O)=O.I. The van der Waals surface area contributed by atoms with Gasteiger partial charge in [-0.2, -0.15) is 0 Å². The summed E-state index contributed by atoms with van der Waals surface area (Å²) in [5.74, 6) is 0.718. The van der Waals surface area contributed by atoms with E-state index in [0.717, 1.165) is 18.9 Å². The maximum absolute atomic E-state index is 11.5. The normalized spacial score (nSPS) is 12.9. The van der Waals surface area contributed by atoms with Gasteiger partial charge in [-0.3, -0.25) is 4.99 Å². The lowest BCUT2D eigenvalue weighted by atomic mass is 10.1. The van der Waals surface area contributed by atoms with Gasteiger partial charge in [-0.1, -0.05) is 6.92 Å². The first kappa shape index (κ1) is 25.1. The highest BCUT2D eigenvalue weighted by Crippen LogP contribution is 2.06. The minimum atomic E-state index is -3.12. The van der Waals surface area contributed by atoms with Gasteiger partial charge in [0.15, 0.2) is 5.96 Å². The summed E-state index contributed by atoms with van der Waals surface area (Å²) in [5.41, 5.74) is -0.308. The highest BCUT2D eigenvalue weighted by molar-refractivity contribution is 14.0. The number of hydrogen-bond acceptors (Lipinski definition) is 4. The third-order valence-corrected chi connectivity index (χ3v) is 4.59. The number of guanidine groups is 1. The number of nitrogens with zero attached hydrogens (tertiary/aromatic N) is 2. The molecule has 0 aliphatic carbocycles. The molecule has 0 atom stereocenters. The molecule has 23 heavy (non-hydrogen) atoms. The molecule has 9 heteroatoms. The summed E-state index contributed by atoms with van der Waals surface area (Å²) in [5, 5.41) is 6.37. The molecule has 0 radical (unpaired) electrons. The smallest absolute Gasteiger partial charge is 0.211 e. The number of hydrogen-bond donors (Lipinski definition) is 2. The number of halogens is 1. The predicted molar refractivity (Wildman–Crippen MR) is 107 cm³/mol. The average Bonchev–Trinajstić information content (AvgIpc) is 2.43. The first-order chi connectivity index (χ1) is 10.2. The van der Waals surface area contributed by atoms with Crippen molar-refractivity contribution in [2.45, 2.75) is 39.7 Å². The quantitative estimate of drug-likeness (QED) is 0.220. The van der Waals surface area contributed by atoms with Gasteiger partial charge in [-0.05, 0) is 27.2 Å². The van der Waals surface area contributed by atoms with E-state index in [-0.39, 0.29) is 29.6 Å². The van der Waals surface area contributed by atoms with Crippen LogP contribution in [-0.4, -0.2) is 70.4 Å². The van der Waals surface area contributed by atoms with E-state index in [9.17, 15) is 8.42 Å². The van der Waals surface area contributed by atoms with Crippen LogP contribution in [-0.2, 0) is 14.8 Å². The van der Waals surface area contributed by atoms with E-state index in [1.807, 2.05) is 27.7 Å². The van der Waals surface area contributed by atoms with Crippen LogP contribution in [0.2, 0.25) is 0 Å². The molecule has 0 heterocycles. The number of nitrogens with one attached hydrogen (secondary N) is 2. The lowest BCUT2D eigenvalue weighted by molar-refractivity contribution is 0.0310. The maximum atomic E-state index is 11.5. The fourth-order valence-corrected chi connectivity index (χ4v) is 2.63. The van der Waals surface area contributed by atoms with E-state index >= 15 is 0 Å². The number of rotatable bonds is 10. The fraction of sp³-hybridized carbons (Fsp3) is 0.929. The van der Waals surface area contributed by atoms with E-state index in [1.165, 1.54) is 10.6 Å². The van der Waals surface area contributed by atoms with Gasteiger partial charge in [-0.15, -0.1) is 24.0 Å². The molecule has 0 unspecified atom stereocenters. The Kier molecular flexibility index (Phi) is 13.4. The van der Waals surface area contributed by atoms with Crippen molar-refractivity contribution < 1.29 is 13.2 Å². The van der Waals surface area contributed by atoms with Crippen LogP contribution in [0.3, 0.4) is 0 Å². The monoisotopic (exact) mass is 464 g/mol. The summed E-state index contributed by atoms with van der Waals surface area (Å²) < 4.78 is 29.8. The topological polar surface area (TPSA) is 83.0 Å². The van der Waals surface area contributed by atoms with Crippen molar-refractivity contribution in [3.8, 4) is 0 Å². The standard InChI is InChI=1S/C14H32N4O3S.HI/c1-7-15-13(17-12-14(3,4)21-5)16-10-9-11-18(8-2)22(6,19)20;/h7-12H2,1-6H3,(H2,15,16,17);1H. The van der Waals surface area contributed by atoms with Crippen LogP contribution in [0.25, 0.3) is 0 Å². The van der Waals surface area contributed by atoms with Gasteiger partial charge in [0.05, 0.1) is 18.4 Å². The molecule has 0 saturated carbocycles. The van der Waals surface area contributed by atoms with Crippen molar-refractivity contribution in [3.05, 3.63) is 0 Å². The van der Waals surface area contributed by atoms with E-state index in [0.29, 0.717) is 26.2 Å². The Labute approximate surface area is 158 Å². The molecule has 0 rings (SSSR count). The molecule has 0 aliphatic heterocycles. The lowest BCUT2D eigenvalue weighted by Crippen LogP contribution is -2.40. The zero-order valence-electron chi connectivity index (χ0n) is 15.2. The van der Waals surface area contributed by atoms with Crippen LogP contribution >= 0.6 is 24.0 Å². The second-order valence-corrected chi connectivity index (χ2v) is 7.68. The van der Waals surface area contributed by atoms with Gasteiger partial charge in [0, 0.05) is 33.3 Å². The van der Waals surface area contributed by atoms with Gasteiger partial charge in [0.2, 0.25) is 10.0 Å². The molecule has 7 nitrogen and oxygen atoms in total. The van der Waals surface area contributed by atoms with Crippen molar-refractivity contribution in [3.63, 3.8) is 0 Å². The van der Waals surface area contributed by atoms with Crippen molar-refractivity contribution in [2.24, 2.45) is 4.99 Å². The van der Waals surface area contributed by atoms with Crippen molar-refractivity contribution in [1.82, 2.24) is 14.9 Å². The molecule has 0 aromatic heterocycles. The minimum Gasteiger partial charge on any atom is -0.377 e. The Bertz CT molecular complexity index is 441. The summed E-state index contributed by atoms with van der Waals surface area (Å²) in [6.07, 6.45) is 1.96. The van der Waals surface area contributed by atoms with E-state index in [4.69, 9.17) is 4.74 Å². The Morgan fingerprint density at radius 1 is 1.26 bits per heavy atom. The predicted octanol–water partition coefficient (Wildman–Crippen LogP) is 1.26. The summed E-state index contributed by atoms with van der Waals surface area (Å²) in [4.78, 5) is 4.48. The summed E-state index contributed by atoms with van der Waals surface area (Å²) in [7, 11) is -1.45. The van der Waals surface area contributed by atoms with Crippen LogP contribution < -0.4 is 10.6 Å². The second-order valence-electron chi connectivity index (χ2n) is 5.69. The van der Waals surface area contributed by atoms with Crippen LogP contribution in [0.5, 0.6) is 0 Å². The first-order valence-corrected chi connectivity index (χ1v) is 9.53. The summed E-state index contributed by atoms with van der Waals surface area (Å²) in [6.45, 7) is 10.8. The molecule has 0 amide bonds. The average molecular weight is 464 g/mol. The van der Waals surface area contributed by atoms with Crippen LogP contribution in [0.4, 0.5) is 0 Å². The van der Waals surface area contributed by atoms with Gasteiger partial charge < -0.3 is 15.4 Å². The van der Waals surface area contributed by atoms with Crippen LogP contribution in [0.15, 0.2) is 4.99 Å². The van der Waals surface area contributed by atoms with Crippen molar-refractivity contribution in [2.75, 3.05) is 46.1 Å². The zero-order valence-corrected chi connectivity index (χ0v) is 18.3. The van der Waals surface area contributed by atoms with Crippen molar-refractivity contribution in [1.29, 1.82) is 0 Å². The number of ether oxygens (including phenoxy) is 1. The van der Waals surface area contributed by atoms with E-state index in [1.54, 1.807) is 7.11 Å². The number of methoxy groups -OCH3 is 1. The molecular formula is C14H33IN4O3S. The summed E-state index contributed by atoms with van der Waals surface area (Å²) in [6, 6.07) is 0. The first-order valence-electron chi connectivity index (χ1n) is 7.68. The number of aliphatic imine (C=N–C) groups is 1. The van der Waals surface area contributed by atoms with Crippen LogP contribution in [0, 0.1) is 0 Å². The largest absolute Gasteiger partial charge is 0.377 e. The van der Waals surface area contributed by atoms with E-state index in [2.05, 4.69) is 15.6 Å². The van der Waals surface area contributed by atoms with Gasteiger partial charge in [0.1, 0.15) is 0 Å². The Balaban J connectivity index is 0. The maximum Gasteiger partial charge on any atom is 0.211 e. The number of sulfonamides is 1. The van der Waals surface area contributed by atoms with Gasteiger partial charge in [0.25, 0.3) is 0 Å². The zero-order chi connectivity index (χ0) is 17.2. The Morgan fingerprint density at radius 2 is 1.87 bits per heavy atom. The molecule has 0 aliphatic rings. The molecule has 0 spiro atoms. The second kappa shape index (κ2) is 12.3. The lowest BCUT2D eigenvalue weighted by Gasteiger charge is -2.21. The molecule has 0 bridgehead atoms. The highest BCUT2D eigenvalue weighted by atomic mass is 127. The van der Waals surface area contributed by atoms with Gasteiger partial charge in [-0.25, -0.2) is 12.7 Å². The Hall–Kier alpha value is -0.130. The molecule has 0 aromatic rings. The minimum absolute atomic E-state index is 0. The highest BCUT2D eigenvalue weighted by Gasteiger charge is 2.16. The molecule has 0 aromatic carbocycles. The van der Waals surface area contributed by atoms with Gasteiger partial charge >= 0.3 is 0 Å². The molecular weight excluding hydrogens is 431 g/mol. The van der Waals surface area contributed by atoms with Crippen LogP contribution in [0.1, 0.15) is 34.1 Å². The van der Waals surface area contributed by atoms with E-state index < -0.39 is 10.0 Å². The van der Waals surface area contributed by atoms with Crippen molar-refractivity contribution >= 4 is 40.0 Å². The molecule has 0 fully saturated rings. The molecule has 2 N–H and O–H groups in total.